The number of ether oxygens (including phenoxy) is 1. The number of aliphatic hydroxyl groups is 1. The van der Waals surface area contributed by atoms with Gasteiger partial charge in [0, 0.05) is 25.2 Å². The number of nitrogen functional groups attached to an aromatic ring is 1. The van der Waals surface area contributed by atoms with Crippen molar-refractivity contribution >= 4 is 11.6 Å². The number of benzene rings is 2. The standard InChI is InChI=1S/C16H18N2O3/c1-18(2)16(20)11-7-8-13(17)15(9-11)21-14-6-4-3-5-12(14)10-19/h3-9,19H,10,17H2,1-2H3. The Balaban J connectivity index is 2.35. The second kappa shape index (κ2) is 6.28. The zero-order valence-electron chi connectivity index (χ0n) is 12.0. The summed E-state index contributed by atoms with van der Waals surface area (Å²) in [4.78, 5) is 13.5. The summed E-state index contributed by atoms with van der Waals surface area (Å²) >= 11 is 0. The van der Waals surface area contributed by atoms with Crippen LogP contribution in [-0.4, -0.2) is 30.0 Å². The van der Waals surface area contributed by atoms with Gasteiger partial charge in [-0.1, -0.05) is 18.2 Å². The highest BCUT2D eigenvalue weighted by Crippen LogP contribution is 2.30. The van der Waals surface area contributed by atoms with E-state index in [4.69, 9.17) is 10.5 Å². The van der Waals surface area contributed by atoms with Gasteiger partial charge < -0.3 is 20.5 Å². The van der Waals surface area contributed by atoms with Crippen molar-refractivity contribution in [2.45, 2.75) is 6.61 Å². The van der Waals surface area contributed by atoms with E-state index in [-0.39, 0.29) is 12.5 Å². The fourth-order valence-electron chi connectivity index (χ4n) is 1.87. The van der Waals surface area contributed by atoms with Crippen molar-refractivity contribution < 1.29 is 14.6 Å². The molecule has 0 atom stereocenters. The van der Waals surface area contributed by atoms with Crippen LogP contribution >= 0.6 is 0 Å². The van der Waals surface area contributed by atoms with Gasteiger partial charge in [-0.3, -0.25) is 4.79 Å². The first-order chi connectivity index (χ1) is 10.0. The summed E-state index contributed by atoms with van der Waals surface area (Å²) in [6.45, 7) is -0.133. The number of anilines is 1. The first-order valence-corrected chi connectivity index (χ1v) is 6.50. The van der Waals surface area contributed by atoms with Crippen LogP contribution in [0, 0.1) is 0 Å². The average Bonchev–Trinajstić information content (AvgIpc) is 2.49. The third kappa shape index (κ3) is 3.32. The lowest BCUT2D eigenvalue weighted by Crippen LogP contribution is -2.21. The van der Waals surface area contributed by atoms with E-state index in [1.54, 1.807) is 50.5 Å². The van der Waals surface area contributed by atoms with Gasteiger partial charge in [0.15, 0.2) is 5.75 Å². The molecule has 0 fully saturated rings. The Labute approximate surface area is 123 Å². The fraction of sp³-hybridized carbons (Fsp3) is 0.188. The van der Waals surface area contributed by atoms with Gasteiger partial charge in [-0.05, 0) is 24.3 Å². The highest BCUT2D eigenvalue weighted by Gasteiger charge is 2.12. The van der Waals surface area contributed by atoms with Crippen LogP contribution in [-0.2, 0) is 6.61 Å². The summed E-state index contributed by atoms with van der Waals surface area (Å²) < 4.78 is 5.75. The molecule has 0 radical (unpaired) electrons. The normalized spacial score (nSPS) is 10.2. The highest BCUT2D eigenvalue weighted by molar-refractivity contribution is 5.94. The number of para-hydroxylation sites is 1. The predicted octanol–water partition coefficient (Wildman–Crippen LogP) is 2.26. The zero-order valence-corrected chi connectivity index (χ0v) is 12.0. The van der Waals surface area contributed by atoms with Crippen LogP contribution in [0.3, 0.4) is 0 Å². The number of hydrogen-bond acceptors (Lipinski definition) is 4. The molecule has 0 aromatic heterocycles. The van der Waals surface area contributed by atoms with Crippen molar-refractivity contribution in [2.75, 3.05) is 19.8 Å². The van der Waals surface area contributed by atoms with Gasteiger partial charge in [0.1, 0.15) is 5.75 Å². The Hall–Kier alpha value is -2.53. The van der Waals surface area contributed by atoms with Gasteiger partial charge >= 0.3 is 0 Å². The third-order valence-electron chi connectivity index (χ3n) is 3.03. The Morgan fingerprint density at radius 2 is 1.90 bits per heavy atom. The Kier molecular flexibility index (Phi) is 4.45. The van der Waals surface area contributed by atoms with Crippen molar-refractivity contribution in [1.29, 1.82) is 0 Å². The molecule has 2 aromatic rings. The largest absolute Gasteiger partial charge is 0.455 e. The predicted molar refractivity (Wildman–Crippen MR) is 81.3 cm³/mol. The van der Waals surface area contributed by atoms with Crippen LogP contribution in [0.2, 0.25) is 0 Å². The van der Waals surface area contributed by atoms with Crippen LogP contribution in [0.4, 0.5) is 5.69 Å². The topological polar surface area (TPSA) is 75.8 Å². The molecule has 0 unspecified atom stereocenters. The fourth-order valence-corrected chi connectivity index (χ4v) is 1.87. The monoisotopic (exact) mass is 286 g/mol. The zero-order chi connectivity index (χ0) is 15.4. The van der Waals surface area contributed by atoms with Gasteiger partial charge in [0.25, 0.3) is 5.91 Å². The Morgan fingerprint density at radius 3 is 2.57 bits per heavy atom. The molecule has 21 heavy (non-hydrogen) atoms. The van der Waals surface area contributed by atoms with Crippen LogP contribution in [0.15, 0.2) is 42.5 Å². The molecule has 3 N–H and O–H groups in total. The summed E-state index contributed by atoms with van der Waals surface area (Å²) in [5.41, 5.74) is 7.47. The van der Waals surface area contributed by atoms with Crippen LogP contribution in [0.5, 0.6) is 11.5 Å². The number of hydrogen-bond donors (Lipinski definition) is 2. The number of aliphatic hydroxyl groups excluding tert-OH is 1. The lowest BCUT2D eigenvalue weighted by molar-refractivity contribution is 0.0827. The van der Waals surface area contributed by atoms with Crippen molar-refractivity contribution in [3.63, 3.8) is 0 Å². The molecule has 0 aliphatic heterocycles. The van der Waals surface area contributed by atoms with E-state index in [1.807, 2.05) is 6.07 Å². The summed E-state index contributed by atoms with van der Waals surface area (Å²) in [5.74, 6) is 0.778. The molecule has 0 bridgehead atoms. The lowest BCUT2D eigenvalue weighted by Gasteiger charge is -2.14. The molecule has 2 rings (SSSR count). The quantitative estimate of drug-likeness (QED) is 0.845. The summed E-state index contributed by atoms with van der Waals surface area (Å²) in [6, 6.07) is 12.0. The molecule has 5 nitrogen and oxygen atoms in total. The Bertz CT molecular complexity index is 654. The molecule has 5 heteroatoms. The molecule has 1 amide bonds. The number of rotatable bonds is 4. The average molecular weight is 286 g/mol. The Morgan fingerprint density at radius 1 is 1.19 bits per heavy atom. The molecule has 0 saturated heterocycles. The second-order valence-electron chi connectivity index (χ2n) is 4.82. The van der Waals surface area contributed by atoms with Crippen LogP contribution in [0.1, 0.15) is 15.9 Å². The molecule has 0 aliphatic rings. The van der Waals surface area contributed by atoms with Gasteiger partial charge in [-0.25, -0.2) is 0 Å². The lowest BCUT2D eigenvalue weighted by atomic mass is 10.1. The van der Waals surface area contributed by atoms with Gasteiger partial charge in [0.05, 0.1) is 12.3 Å². The highest BCUT2D eigenvalue weighted by atomic mass is 16.5. The van der Waals surface area contributed by atoms with E-state index in [0.717, 1.165) is 0 Å². The number of nitrogens with zero attached hydrogens (tertiary/aromatic N) is 1. The molecule has 0 heterocycles. The first kappa shape index (κ1) is 14.9. The van der Waals surface area contributed by atoms with Crippen LogP contribution < -0.4 is 10.5 Å². The molecule has 110 valence electrons. The minimum Gasteiger partial charge on any atom is -0.455 e. The third-order valence-corrected chi connectivity index (χ3v) is 3.03. The minimum atomic E-state index is -0.133. The van der Waals surface area contributed by atoms with Gasteiger partial charge in [0.2, 0.25) is 0 Å². The number of carbonyl (C=O) groups excluding carboxylic acids is 1. The van der Waals surface area contributed by atoms with E-state index in [9.17, 15) is 9.90 Å². The van der Waals surface area contributed by atoms with E-state index >= 15 is 0 Å². The molecular formula is C16H18N2O3. The van der Waals surface area contributed by atoms with Crippen molar-refractivity contribution in [2.24, 2.45) is 0 Å². The van der Waals surface area contributed by atoms with E-state index < -0.39 is 0 Å². The van der Waals surface area contributed by atoms with E-state index in [0.29, 0.717) is 28.3 Å². The second-order valence-corrected chi connectivity index (χ2v) is 4.82. The molecule has 0 aliphatic carbocycles. The maximum Gasteiger partial charge on any atom is 0.253 e. The van der Waals surface area contributed by atoms with Crippen molar-refractivity contribution in [1.82, 2.24) is 4.90 Å². The number of amides is 1. The molecule has 2 aromatic carbocycles. The smallest absolute Gasteiger partial charge is 0.253 e. The number of carbonyl (C=O) groups is 1. The van der Waals surface area contributed by atoms with Crippen LogP contribution in [0.25, 0.3) is 0 Å². The maximum absolute atomic E-state index is 12.0. The molecule has 0 saturated carbocycles. The SMILES string of the molecule is CN(C)C(=O)c1ccc(N)c(Oc2ccccc2CO)c1. The molecular weight excluding hydrogens is 268 g/mol. The summed E-state index contributed by atoms with van der Waals surface area (Å²) in [7, 11) is 3.36. The maximum atomic E-state index is 12.0. The van der Waals surface area contributed by atoms with Crippen molar-refractivity contribution in [3.05, 3.63) is 53.6 Å². The first-order valence-electron chi connectivity index (χ1n) is 6.50. The minimum absolute atomic E-state index is 0.129. The van der Waals surface area contributed by atoms with Gasteiger partial charge in [-0.2, -0.15) is 0 Å². The van der Waals surface area contributed by atoms with E-state index in [1.165, 1.54) is 4.90 Å². The summed E-state index contributed by atoms with van der Waals surface area (Å²) in [6.07, 6.45) is 0. The van der Waals surface area contributed by atoms with Crippen molar-refractivity contribution in [3.8, 4) is 11.5 Å². The number of nitrogens with two attached hydrogens (primary N) is 1. The van der Waals surface area contributed by atoms with E-state index in [2.05, 4.69) is 0 Å². The summed E-state index contributed by atoms with van der Waals surface area (Å²) in [5, 5.41) is 9.31. The van der Waals surface area contributed by atoms with Gasteiger partial charge in [-0.15, -0.1) is 0 Å². The molecule has 0 spiro atoms.